The van der Waals surface area contributed by atoms with Crippen molar-refractivity contribution in [2.45, 2.75) is 127 Å². The Morgan fingerprint density at radius 2 is 1.04 bits per heavy atom. The highest BCUT2D eigenvalue weighted by Gasteiger charge is 2.36. The van der Waals surface area contributed by atoms with Crippen LogP contribution in [0.15, 0.2) is 72.8 Å². The van der Waals surface area contributed by atoms with Gasteiger partial charge in [0.15, 0.2) is 5.78 Å². The fourth-order valence-corrected chi connectivity index (χ4v) is 9.50. The molecule has 5 N–H and O–H groups in total. The van der Waals surface area contributed by atoms with E-state index in [0.29, 0.717) is 67.8 Å². The van der Waals surface area contributed by atoms with Crippen LogP contribution in [0.2, 0.25) is 0 Å². The quantitative estimate of drug-likeness (QED) is 0.0371. The van der Waals surface area contributed by atoms with Crippen LogP contribution < -0.4 is 36.1 Å². The predicted molar refractivity (Wildman–Crippen MR) is 279 cm³/mol. The summed E-state index contributed by atoms with van der Waals surface area (Å²) in [6.45, 7) is 4.83. The van der Waals surface area contributed by atoms with Crippen LogP contribution in [0, 0.1) is 0 Å². The number of carbonyl (C=O) groups is 6. The Bertz CT molecular complexity index is 2260. The van der Waals surface area contributed by atoms with Crippen LogP contribution >= 0.6 is 24.8 Å². The highest BCUT2D eigenvalue weighted by molar-refractivity contribution is 6.03. The van der Waals surface area contributed by atoms with E-state index in [1.165, 1.54) is 7.11 Å². The zero-order valence-electron chi connectivity index (χ0n) is 41.5. The first-order chi connectivity index (χ1) is 32.9. The number of ketones is 1. The molecule has 2 fully saturated rings. The van der Waals surface area contributed by atoms with Crippen LogP contribution in [0.3, 0.4) is 0 Å². The lowest BCUT2D eigenvalue weighted by Crippen LogP contribution is -2.54. The molecule has 2 aliphatic rings. The molecule has 6 rings (SSSR count). The van der Waals surface area contributed by atoms with Crippen molar-refractivity contribution in [1.29, 1.82) is 0 Å². The molecular formula is C53H73Cl2N7O8. The van der Waals surface area contributed by atoms with E-state index in [2.05, 4.69) is 26.6 Å². The summed E-state index contributed by atoms with van der Waals surface area (Å²) in [5, 5.41) is 18.8. The van der Waals surface area contributed by atoms with Gasteiger partial charge >= 0.3 is 0 Å². The number of halogens is 2. The molecular weight excluding hydrogens is 934 g/mol. The first-order valence-corrected chi connectivity index (χ1v) is 24.4. The van der Waals surface area contributed by atoms with E-state index in [-0.39, 0.29) is 85.2 Å². The SMILES string of the molecule is CN[C@@H](C)C(=O)N[C@@H](CCCCCC[C@H](NC(=O)[C@H](C)NC)C(=O)N1CCC[C@H]1CNC(=O)c1cc2ccccc2cc1OC)C(=O)N1CCC[C@H]1CCC(=O)c1cc2ccccc2cc1OC.Cl.Cl. The Balaban J connectivity index is 0.00000533. The van der Waals surface area contributed by atoms with Crippen molar-refractivity contribution in [1.82, 2.24) is 36.4 Å². The van der Waals surface area contributed by atoms with Gasteiger partial charge in [0, 0.05) is 38.1 Å². The number of amides is 5. The number of nitrogens with one attached hydrogen (secondary N) is 5. The molecule has 4 aromatic rings. The topological polar surface area (TPSA) is 188 Å². The van der Waals surface area contributed by atoms with E-state index in [4.69, 9.17) is 9.47 Å². The number of carbonyl (C=O) groups excluding carboxylic acids is 6. The van der Waals surface area contributed by atoms with E-state index in [1.807, 2.05) is 77.7 Å². The summed E-state index contributed by atoms with van der Waals surface area (Å²) < 4.78 is 11.2. The summed E-state index contributed by atoms with van der Waals surface area (Å²) in [7, 11) is 6.50. The average Bonchev–Trinajstić information content (AvgIpc) is 4.05. The Morgan fingerprint density at radius 1 is 0.614 bits per heavy atom. The number of likely N-dealkylation sites (tertiary alicyclic amines) is 2. The number of Topliss-reactive ketones (excluding diaryl/α,β-unsaturated/α-hetero) is 1. The summed E-state index contributed by atoms with van der Waals surface area (Å²) in [6.07, 6.45) is 7.48. The summed E-state index contributed by atoms with van der Waals surface area (Å²) >= 11 is 0. The number of benzene rings is 4. The van der Waals surface area contributed by atoms with Crippen LogP contribution in [-0.2, 0) is 19.2 Å². The molecule has 0 unspecified atom stereocenters. The van der Waals surface area contributed by atoms with Gasteiger partial charge in [0.1, 0.15) is 23.6 Å². The molecule has 0 bridgehead atoms. The summed E-state index contributed by atoms with van der Waals surface area (Å²) in [5.41, 5.74) is 0.946. The molecule has 6 atom stereocenters. The number of fused-ring (bicyclic) bond motifs is 2. The molecule has 0 aromatic heterocycles. The van der Waals surface area contributed by atoms with Crippen molar-refractivity contribution in [3.63, 3.8) is 0 Å². The summed E-state index contributed by atoms with van der Waals surface area (Å²) in [4.78, 5) is 85.6. The zero-order chi connectivity index (χ0) is 48.7. The zero-order valence-corrected chi connectivity index (χ0v) is 43.1. The van der Waals surface area contributed by atoms with E-state index < -0.39 is 24.2 Å². The molecule has 2 aliphatic heterocycles. The van der Waals surface area contributed by atoms with Gasteiger partial charge in [-0.3, -0.25) is 28.8 Å². The number of unbranched alkanes of at least 4 members (excludes halogenated alkanes) is 3. The van der Waals surface area contributed by atoms with Crippen LogP contribution in [-0.4, -0.2) is 129 Å². The maximum atomic E-state index is 14.3. The number of nitrogens with zero attached hydrogens (tertiary/aromatic N) is 2. The van der Waals surface area contributed by atoms with Crippen LogP contribution in [0.5, 0.6) is 11.5 Å². The lowest BCUT2D eigenvalue weighted by Gasteiger charge is -2.30. The normalized spacial score (nSPS) is 17.1. The molecule has 382 valence electrons. The first-order valence-electron chi connectivity index (χ1n) is 24.4. The maximum Gasteiger partial charge on any atom is 0.255 e. The molecule has 17 heteroatoms. The fourth-order valence-electron chi connectivity index (χ4n) is 9.50. The third kappa shape index (κ3) is 14.6. The molecule has 2 heterocycles. The molecule has 2 saturated heterocycles. The van der Waals surface area contributed by atoms with Crippen molar-refractivity contribution in [3.8, 4) is 11.5 Å². The van der Waals surface area contributed by atoms with Gasteiger partial charge in [0.2, 0.25) is 23.6 Å². The smallest absolute Gasteiger partial charge is 0.255 e. The van der Waals surface area contributed by atoms with E-state index in [1.54, 1.807) is 40.0 Å². The monoisotopic (exact) mass is 1010 g/mol. The van der Waals surface area contributed by atoms with Crippen molar-refractivity contribution >= 4 is 81.7 Å². The van der Waals surface area contributed by atoms with Gasteiger partial charge in [0.25, 0.3) is 5.91 Å². The first kappa shape index (κ1) is 57.1. The number of hydrogen-bond donors (Lipinski definition) is 5. The van der Waals surface area contributed by atoms with Gasteiger partial charge in [-0.2, -0.15) is 0 Å². The van der Waals surface area contributed by atoms with E-state index >= 15 is 0 Å². The lowest BCUT2D eigenvalue weighted by molar-refractivity contribution is -0.138. The van der Waals surface area contributed by atoms with Crippen molar-refractivity contribution < 1.29 is 38.2 Å². The van der Waals surface area contributed by atoms with Crippen molar-refractivity contribution in [2.24, 2.45) is 0 Å². The minimum atomic E-state index is -0.756. The summed E-state index contributed by atoms with van der Waals surface area (Å²) in [6, 6.07) is 20.2. The predicted octanol–water partition coefficient (Wildman–Crippen LogP) is 6.75. The molecule has 15 nitrogen and oxygen atoms in total. The summed E-state index contributed by atoms with van der Waals surface area (Å²) in [5.74, 6) is -0.176. The molecule has 0 spiro atoms. The van der Waals surface area contributed by atoms with E-state index in [9.17, 15) is 28.8 Å². The third-order valence-electron chi connectivity index (χ3n) is 13.8. The van der Waals surface area contributed by atoms with Crippen LogP contribution in [0.25, 0.3) is 21.5 Å². The standard InChI is InChI=1S/C53H71N7O8.2ClH/c1-34(54-3)49(62)57-44(52(65)59-27-15-21-40(59)25-26-46(61)42-29-36-17-11-13-19-38(36)31-47(42)67-5)23-9-7-8-10-24-45(58-50(63)35(2)55-4)53(66)60-28-16-22-41(60)33-56-51(64)43-30-37-18-12-14-20-39(37)32-48(43)68-6;;/h11-14,17-20,29-32,34-35,40-41,44-45,54-55H,7-10,15-16,21-28,33H2,1-6H3,(H,56,64)(H,57,62)(H,58,63);2*1H/t34-,35-,40-,41-,44-,45-;;/m0../s1. The maximum absolute atomic E-state index is 14.3. The average molecular weight is 1010 g/mol. The van der Waals surface area contributed by atoms with Crippen molar-refractivity contribution in [3.05, 3.63) is 83.9 Å². The van der Waals surface area contributed by atoms with Gasteiger partial charge in [-0.05, 0) is 119 Å². The molecule has 4 aromatic carbocycles. The Kier molecular flexibility index (Phi) is 22.7. The molecule has 5 amide bonds. The third-order valence-corrected chi connectivity index (χ3v) is 13.8. The molecule has 0 radical (unpaired) electrons. The minimum absolute atomic E-state index is 0. The molecule has 0 aliphatic carbocycles. The lowest BCUT2D eigenvalue weighted by atomic mass is 9.98. The van der Waals surface area contributed by atoms with Gasteiger partial charge in [0.05, 0.1) is 37.4 Å². The Hall–Kier alpha value is -5.48. The Morgan fingerprint density at radius 3 is 1.51 bits per heavy atom. The fraction of sp³-hybridized carbons (Fsp3) is 0.509. The van der Waals surface area contributed by atoms with Crippen LogP contribution in [0.4, 0.5) is 0 Å². The Labute approximate surface area is 425 Å². The van der Waals surface area contributed by atoms with Crippen molar-refractivity contribution in [2.75, 3.05) is 47.9 Å². The molecule has 0 saturated carbocycles. The van der Waals surface area contributed by atoms with Gasteiger partial charge in [-0.1, -0.05) is 74.2 Å². The number of hydrogen-bond acceptors (Lipinski definition) is 10. The highest BCUT2D eigenvalue weighted by Crippen LogP contribution is 2.30. The van der Waals surface area contributed by atoms with Gasteiger partial charge in [-0.15, -0.1) is 24.8 Å². The second kappa shape index (κ2) is 27.8. The number of methoxy groups -OCH3 is 2. The van der Waals surface area contributed by atoms with Crippen LogP contribution in [0.1, 0.15) is 112 Å². The highest BCUT2D eigenvalue weighted by atomic mass is 35.5. The number of rotatable bonds is 24. The number of ether oxygens (including phenoxy) is 2. The largest absolute Gasteiger partial charge is 0.496 e. The number of likely N-dealkylation sites (N-methyl/N-ethyl adjacent to an activating group) is 2. The second-order valence-electron chi connectivity index (χ2n) is 18.3. The van der Waals surface area contributed by atoms with Gasteiger partial charge in [-0.25, -0.2) is 0 Å². The minimum Gasteiger partial charge on any atom is -0.496 e. The molecule has 70 heavy (non-hydrogen) atoms. The second-order valence-corrected chi connectivity index (χ2v) is 18.3. The van der Waals surface area contributed by atoms with E-state index in [0.717, 1.165) is 60.1 Å². The van der Waals surface area contributed by atoms with Gasteiger partial charge < -0.3 is 45.9 Å².